The summed E-state index contributed by atoms with van der Waals surface area (Å²) >= 11 is -0.0321. The molecule has 0 saturated heterocycles. The van der Waals surface area contributed by atoms with Crippen molar-refractivity contribution in [1.29, 1.82) is 0 Å². The molecule has 0 fully saturated rings. The molecule has 0 saturated carbocycles. The topological polar surface area (TPSA) is 38.4 Å². The lowest BCUT2D eigenvalue weighted by molar-refractivity contribution is 1.56. The Morgan fingerprint density at radius 1 is 1.71 bits per heavy atom. The second-order valence-electron chi connectivity index (χ2n) is 1.03. The van der Waals surface area contributed by atoms with E-state index in [1.54, 1.807) is 6.20 Å². The lowest BCUT2D eigenvalue weighted by Crippen LogP contribution is -2.02. The van der Waals surface area contributed by atoms with Gasteiger partial charge in [0.1, 0.15) is 0 Å². The van der Waals surface area contributed by atoms with Crippen molar-refractivity contribution in [2.24, 2.45) is 10.7 Å². The van der Waals surface area contributed by atoms with E-state index in [0.29, 0.717) is 0 Å². The number of hydrogen-bond donors (Lipinski definition) is 1. The molecule has 3 heteroatoms. The van der Waals surface area contributed by atoms with Gasteiger partial charge in [-0.15, -0.1) is 0 Å². The maximum absolute atomic E-state index is 5.35. The van der Waals surface area contributed by atoms with Crippen molar-refractivity contribution in [3.05, 3.63) is 12.3 Å². The highest BCUT2D eigenvalue weighted by molar-refractivity contribution is 14.2. The van der Waals surface area contributed by atoms with Gasteiger partial charge in [0.2, 0.25) is 0 Å². The van der Waals surface area contributed by atoms with E-state index in [-0.39, 0.29) is 20.7 Å². The molecular formula is C4H5IN2. The Labute approximate surface area is 51.9 Å². The van der Waals surface area contributed by atoms with Crippen LogP contribution in [0.15, 0.2) is 17.3 Å². The minimum atomic E-state index is -0.0321. The first-order valence-corrected chi connectivity index (χ1v) is 4.17. The van der Waals surface area contributed by atoms with Gasteiger partial charge < -0.3 is 5.73 Å². The van der Waals surface area contributed by atoms with Crippen LogP contribution in [0.2, 0.25) is 0 Å². The molecule has 0 aliphatic carbocycles. The summed E-state index contributed by atoms with van der Waals surface area (Å²) in [7, 11) is 0. The summed E-state index contributed by atoms with van der Waals surface area (Å²) in [6, 6.07) is 0. The van der Waals surface area contributed by atoms with Gasteiger partial charge in [-0.1, -0.05) is 0 Å². The second kappa shape index (κ2) is 2.20. The molecule has 1 heterocycles. The Morgan fingerprint density at radius 3 is 2.86 bits per heavy atom. The zero-order chi connectivity index (χ0) is 5.11. The van der Waals surface area contributed by atoms with Crippen molar-refractivity contribution >= 4 is 28.6 Å². The number of rotatable bonds is 0. The zero-order valence-electron chi connectivity index (χ0n) is 3.63. The fourth-order valence-electron chi connectivity index (χ4n) is 0.276. The predicted molar refractivity (Wildman–Crippen MR) is 40.8 cm³/mol. The van der Waals surface area contributed by atoms with Crippen molar-refractivity contribution in [1.82, 2.24) is 0 Å². The van der Waals surface area contributed by atoms with Gasteiger partial charge in [-0.3, -0.25) is 0 Å². The third-order valence-corrected chi connectivity index (χ3v) is 2.22. The predicted octanol–water partition coefficient (Wildman–Crippen LogP) is 0.601. The lowest BCUT2D eigenvalue weighted by atomic mass is 10.7. The average Bonchev–Trinajstić information content (AvgIpc) is 1.69. The van der Waals surface area contributed by atoms with E-state index < -0.39 is 0 Å². The molecule has 0 unspecified atom stereocenters. The van der Waals surface area contributed by atoms with Crippen LogP contribution in [0, 0.1) is 0 Å². The van der Waals surface area contributed by atoms with E-state index in [4.69, 9.17) is 5.73 Å². The van der Waals surface area contributed by atoms with Crippen molar-refractivity contribution in [3.63, 3.8) is 0 Å². The summed E-state index contributed by atoms with van der Waals surface area (Å²) in [5, 5.41) is 0. The third kappa shape index (κ3) is 1.38. The Bertz CT molecular complexity index is 146. The maximum Gasteiger partial charge on any atom is 0.156 e. The molecule has 2 nitrogen and oxygen atoms in total. The molecule has 0 aromatic heterocycles. The molecule has 1 aliphatic heterocycles. The largest absolute Gasteiger partial charge is 0.379 e. The molecule has 1 aliphatic rings. The molecule has 0 spiro atoms. The molecule has 7 heavy (non-hydrogen) atoms. The summed E-state index contributed by atoms with van der Waals surface area (Å²) < 4.78 is 2.89. The van der Waals surface area contributed by atoms with Crippen LogP contribution in [-0.4, -0.2) is 7.85 Å². The Balaban J connectivity index is 2.82. The van der Waals surface area contributed by atoms with Crippen LogP contribution in [0.25, 0.3) is 0 Å². The van der Waals surface area contributed by atoms with Gasteiger partial charge in [0, 0.05) is 6.20 Å². The second-order valence-corrected chi connectivity index (χ2v) is 3.48. The molecule has 0 radical (unpaired) electrons. The number of halogens is 1. The molecule has 1 rings (SSSR count). The number of amidine groups is 1. The highest BCUT2D eigenvalue weighted by atomic mass is 127. The quantitative estimate of drug-likeness (QED) is 0.459. The number of nitrogens with zero attached hydrogens (tertiary/aromatic N) is 1. The van der Waals surface area contributed by atoms with Gasteiger partial charge in [0.05, 0.1) is 0 Å². The van der Waals surface area contributed by atoms with E-state index in [0.717, 1.165) is 3.84 Å². The number of nitrogens with two attached hydrogens (primary N) is 1. The van der Waals surface area contributed by atoms with Gasteiger partial charge in [-0.25, -0.2) is 4.99 Å². The summed E-state index contributed by atoms with van der Waals surface area (Å²) in [6.45, 7) is 0. The van der Waals surface area contributed by atoms with Crippen molar-refractivity contribution in [2.75, 3.05) is 0 Å². The molecule has 0 aromatic carbocycles. The summed E-state index contributed by atoms with van der Waals surface area (Å²) in [5.41, 5.74) is 5.35. The van der Waals surface area contributed by atoms with E-state index in [1.807, 2.05) is 6.08 Å². The highest BCUT2D eigenvalue weighted by Crippen LogP contribution is 1.98. The lowest BCUT2D eigenvalue weighted by Gasteiger charge is -1.88. The van der Waals surface area contributed by atoms with E-state index in [2.05, 4.69) is 9.00 Å². The smallest absolute Gasteiger partial charge is 0.156 e. The Morgan fingerprint density at radius 2 is 2.57 bits per heavy atom. The molecule has 0 aromatic rings. The van der Waals surface area contributed by atoms with E-state index in [9.17, 15) is 0 Å². The minimum Gasteiger partial charge on any atom is -0.379 e. The third-order valence-electron chi connectivity index (χ3n) is 0.531. The summed E-state index contributed by atoms with van der Waals surface area (Å²) in [5.74, 6) is 0. The number of allylic oxidation sites excluding steroid dienone is 1. The SMILES string of the molecule is NC1=NC=CC=I1. The van der Waals surface area contributed by atoms with Crippen molar-refractivity contribution in [2.45, 2.75) is 0 Å². The van der Waals surface area contributed by atoms with Gasteiger partial charge in [0.25, 0.3) is 0 Å². The first-order chi connectivity index (χ1) is 3.39. The van der Waals surface area contributed by atoms with Crippen molar-refractivity contribution in [3.8, 4) is 0 Å². The molecule has 0 bridgehead atoms. The minimum absolute atomic E-state index is 0.0321. The zero-order valence-corrected chi connectivity index (χ0v) is 5.79. The van der Waals surface area contributed by atoms with Gasteiger partial charge in [0.15, 0.2) is 3.84 Å². The molecule has 0 atom stereocenters. The van der Waals surface area contributed by atoms with Gasteiger partial charge in [-0.2, -0.15) is 0 Å². The van der Waals surface area contributed by atoms with Crippen LogP contribution in [-0.2, 0) is 0 Å². The van der Waals surface area contributed by atoms with Crippen LogP contribution in [0.4, 0.5) is 0 Å². The average molecular weight is 208 g/mol. The fourth-order valence-corrected chi connectivity index (χ4v) is 1.36. The van der Waals surface area contributed by atoms with E-state index in [1.165, 1.54) is 0 Å². The fraction of sp³-hybridized carbons (Fsp3) is 0. The van der Waals surface area contributed by atoms with Crippen LogP contribution in [0.3, 0.4) is 0 Å². The summed E-state index contributed by atoms with van der Waals surface area (Å²) in [6.07, 6.45) is 3.65. The standard InChI is InChI=1S/C4H5IN2/c6-4-5-2-1-3-7-4/h1-3H,(H2,6,7). The Kier molecular flexibility index (Phi) is 1.56. The van der Waals surface area contributed by atoms with Gasteiger partial charge >= 0.3 is 0 Å². The van der Waals surface area contributed by atoms with Crippen LogP contribution >= 0.6 is 20.7 Å². The van der Waals surface area contributed by atoms with Crippen molar-refractivity contribution < 1.29 is 0 Å². The number of hydrogen-bond acceptors (Lipinski definition) is 2. The van der Waals surface area contributed by atoms with Crippen LogP contribution in [0.5, 0.6) is 0 Å². The normalized spacial score (nSPS) is 18.0. The van der Waals surface area contributed by atoms with Gasteiger partial charge in [-0.05, 0) is 30.8 Å². The van der Waals surface area contributed by atoms with E-state index >= 15 is 0 Å². The summed E-state index contributed by atoms with van der Waals surface area (Å²) in [4.78, 5) is 3.86. The number of aliphatic imine (C=N–C) groups is 1. The molecule has 2 N–H and O–H groups in total. The van der Waals surface area contributed by atoms with Crippen LogP contribution in [0.1, 0.15) is 0 Å². The first kappa shape index (κ1) is 4.96. The maximum atomic E-state index is 5.35. The molecule has 38 valence electrons. The monoisotopic (exact) mass is 208 g/mol. The van der Waals surface area contributed by atoms with Crippen LogP contribution < -0.4 is 5.73 Å². The molecule has 0 amide bonds. The molecular weight excluding hydrogens is 203 g/mol. The first-order valence-electron chi connectivity index (χ1n) is 1.84. The highest BCUT2D eigenvalue weighted by Gasteiger charge is 1.81. The Hall–Kier alpha value is -0.190.